The van der Waals surface area contributed by atoms with Gasteiger partial charge >= 0.3 is 0 Å². The molecule has 140 valence electrons. The van der Waals surface area contributed by atoms with Gasteiger partial charge in [-0.05, 0) is 56.2 Å². The smallest absolute Gasteiger partial charge is 0.243 e. The van der Waals surface area contributed by atoms with Crippen molar-refractivity contribution in [1.82, 2.24) is 9.62 Å². The van der Waals surface area contributed by atoms with Gasteiger partial charge in [-0.1, -0.05) is 31.5 Å². The molecule has 1 saturated carbocycles. The van der Waals surface area contributed by atoms with Crippen LogP contribution in [0.4, 0.5) is 0 Å². The van der Waals surface area contributed by atoms with Gasteiger partial charge in [0.25, 0.3) is 0 Å². The number of benzene rings is 1. The molecule has 1 aromatic rings. The van der Waals surface area contributed by atoms with Crippen LogP contribution in [0.25, 0.3) is 0 Å². The highest BCUT2D eigenvalue weighted by atomic mass is 35.5. The molecule has 0 bridgehead atoms. The Kier molecular flexibility index (Phi) is 7.28. The Morgan fingerprint density at radius 2 is 1.96 bits per heavy atom. The second-order valence-electron chi connectivity index (χ2n) is 6.82. The van der Waals surface area contributed by atoms with Crippen molar-refractivity contribution in [2.45, 2.75) is 56.9 Å². The van der Waals surface area contributed by atoms with Gasteiger partial charge in [-0.2, -0.15) is 4.31 Å². The quantitative estimate of drug-likeness (QED) is 0.780. The summed E-state index contributed by atoms with van der Waals surface area (Å²) in [6.45, 7) is 4.25. The number of nitrogens with zero attached hydrogens (tertiary/aromatic N) is 1. The highest BCUT2D eigenvalue weighted by Gasteiger charge is 2.27. The van der Waals surface area contributed by atoms with Crippen LogP contribution in [0.2, 0.25) is 5.02 Å². The number of amides is 1. The third-order valence-electron chi connectivity index (χ3n) is 4.61. The van der Waals surface area contributed by atoms with Crippen LogP contribution >= 0.6 is 11.6 Å². The third kappa shape index (κ3) is 5.69. The fourth-order valence-electron chi connectivity index (χ4n) is 3.15. The summed E-state index contributed by atoms with van der Waals surface area (Å²) in [5, 5.41) is 3.35. The van der Waals surface area contributed by atoms with E-state index in [4.69, 9.17) is 11.6 Å². The molecule has 1 fully saturated rings. The summed E-state index contributed by atoms with van der Waals surface area (Å²) in [7, 11) is -3.74. The molecule has 0 aromatic heterocycles. The molecule has 5 nitrogen and oxygen atoms in total. The van der Waals surface area contributed by atoms with Crippen molar-refractivity contribution in [2.24, 2.45) is 5.92 Å². The maximum atomic E-state index is 12.8. The van der Waals surface area contributed by atoms with E-state index in [9.17, 15) is 13.2 Å². The normalized spacial score (nSPS) is 21.3. The Labute approximate surface area is 155 Å². The molecule has 1 amide bonds. The fourth-order valence-corrected chi connectivity index (χ4v) is 4.94. The molecule has 0 unspecified atom stereocenters. The summed E-state index contributed by atoms with van der Waals surface area (Å²) in [4.78, 5) is 12.5. The van der Waals surface area contributed by atoms with Crippen molar-refractivity contribution in [3.05, 3.63) is 29.3 Å². The average molecular weight is 387 g/mol. The van der Waals surface area contributed by atoms with Crippen LogP contribution in [0.3, 0.4) is 0 Å². The van der Waals surface area contributed by atoms with Crippen LogP contribution in [-0.2, 0) is 14.8 Å². The highest BCUT2D eigenvalue weighted by Crippen LogP contribution is 2.24. The molecule has 1 aliphatic carbocycles. The number of rotatable bonds is 7. The van der Waals surface area contributed by atoms with E-state index in [2.05, 4.69) is 12.2 Å². The number of carbonyl (C=O) groups is 1. The van der Waals surface area contributed by atoms with Gasteiger partial charge in [0, 0.05) is 17.6 Å². The second-order valence-corrected chi connectivity index (χ2v) is 9.19. The first kappa shape index (κ1) is 20.2. The third-order valence-corrected chi connectivity index (χ3v) is 6.68. The molecule has 0 aliphatic heterocycles. The van der Waals surface area contributed by atoms with Crippen LogP contribution in [0.5, 0.6) is 0 Å². The van der Waals surface area contributed by atoms with Crippen LogP contribution in [0.1, 0.15) is 46.0 Å². The van der Waals surface area contributed by atoms with E-state index in [0.29, 0.717) is 23.9 Å². The van der Waals surface area contributed by atoms with E-state index in [-0.39, 0.29) is 23.4 Å². The number of hydrogen-bond donors (Lipinski definition) is 1. The minimum absolute atomic E-state index is 0.118. The van der Waals surface area contributed by atoms with Gasteiger partial charge < -0.3 is 5.32 Å². The largest absolute Gasteiger partial charge is 0.352 e. The summed E-state index contributed by atoms with van der Waals surface area (Å²) in [6, 6.07) is 6.30. The summed E-state index contributed by atoms with van der Waals surface area (Å²) in [5.74, 6) is 0.464. The lowest BCUT2D eigenvalue weighted by atomic mass is 9.87. The summed E-state index contributed by atoms with van der Waals surface area (Å²) in [6.07, 6.45) is 4.76. The molecule has 2 rings (SSSR count). The molecule has 7 heteroatoms. The molecule has 0 atom stereocenters. The van der Waals surface area contributed by atoms with E-state index >= 15 is 0 Å². The lowest BCUT2D eigenvalue weighted by molar-refractivity contribution is -0.122. The number of carbonyl (C=O) groups excluding carboxylic acids is 1. The molecule has 0 heterocycles. The first-order valence-electron chi connectivity index (χ1n) is 8.88. The summed E-state index contributed by atoms with van der Waals surface area (Å²) < 4.78 is 26.9. The molecular weight excluding hydrogens is 360 g/mol. The first-order valence-corrected chi connectivity index (χ1v) is 10.7. The number of sulfonamides is 1. The summed E-state index contributed by atoms with van der Waals surface area (Å²) in [5.41, 5.74) is 0. The Morgan fingerprint density at radius 1 is 1.28 bits per heavy atom. The Balaban J connectivity index is 2.05. The molecule has 25 heavy (non-hydrogen) atoms. The second kappa shape index (κ2) is 9.01. The van der Waals surface area contributed by atoms with E-state index in [1.807, 2.05) is 6.92 Å². The van der Waals surface area contributed by atoms with Crippen molar-refractivity contribution in [3.8, 4) is 0 Å². The van der Waals surface area contributed by atoms with Gasteiger partial charge in [-0.15, -0.1) is 0 Å². The van der Waals surface area contributed by atoms with Gasteiger partial charge in [0.2, 0.25) is 15.9 Å². The maximum Gasteiger partial charge on any atom is 0.243 e. The minimum atomic E-state index is -3.74. The standard InChI is InChI=1S/C18H27ClN2O3S/c1-3-11-21(25(23,24)17-6-4-5-15(19)12-17)13-18(22)20-16-9-7-14(2)8-10-16/h4-6,12,14,16H,3,7-11,13H2,1-2H3,(H,20,22). The first-order chi connectivity index (χ1) is 11.8. The lowest BCUT2D eigenvalue weighted by Gasteiger charge is -2.28. The van der Waals surface area contributed by atoms with Gasteiger partial charge in [-0.25, -0.2) is 8.42 Å². The number of nitrogens with one attached hydrogen (secondary N) is 1. The average Bonchev–Trinajstić information content (AvgIpc) is 2.56. The molecular formula is C18H27ClN2O3S. The fraction of sp³-hybridized carbons (Fsp3) is 0.611. The lowest BCUT2D eigenvalue weighted by Crippen LogP contribution is -2.45. The zero-order valence-electron chi connectivity index (χ0n) is 14.9. The van der Waals surface area contributed by atoms with Gasteiger partial charge in [0.1, 0.15) is 0 Å². The SMILES string of the molecule is CCCN(CC(=O)NC1CCC(C)CC1)S(=O)(=O)c1cccc(Cl)c1. The Hall–Kier alpha value is -1.11. The molecule has 1 N–H and O–H groups in total. The topological polar surface area (TPSA) is 66.5 Å². The predicted octanol–water partition coefficient (Wildman–Crippen LogP) is 3.44. The molecule has 0 radical (unpaired) electrons. The molecule has 0 spiro atoms. The van der Waals surface area contributed by atoms with E-state index in [0.717, 1.165) is 25.7 Å². The van der Waals surface area contributed by atoms with Crippen molar-refractivity contribution in [2.75, 3.05) is 13.1 Å². The van der Waals surface area contributed by atoms with E-state index in [1.54, 1.807) is 12.1 Å². The molecule has 0 saturated heterocycles. The Bertz CT molecular complexity index is 685. The molecule has 1 aromatic carbocycles. The van der Waals surface area contributed by atoms with Crippen molar-refractivity contribution in [3.63, 3.8) is 0 Å². The number of hydrogen-bond acceptors (Lipinski definition) is 3. The Morgan fingerprint density at radius 3 is 2.56 bits per heavy atom. The number of halogens is 1. The predicted molar refractivity (Wildman–Crippen MR) is 100 cm³/mol. The monoisotopic (exact) mass is 386 g/mol. The van der Waals surface area contributed by atoms with Crippen LogP contribution in [0.15, 0.2) is 29.2 Å². The zero-order valence-corrected chi connectivity index (χ0v) is 16.4. The zero-order chi connectivity index (χ0) is 18.4. The van der Waals surface area contributed by atoms with Crippen molar-refractivity contribution >= 4 is 27.5 Å². The van der Waals surface area contributed by atoms with E-state index < -0.39 is 10.0 Å². The van der Waals surface area contributed by atoms with Crippen molar-refractivity contribution < 1.29 is 13.2 Å². The van der Waals surface area contributed by atoms with Crippen LogP contribution in [-0.4, -0.2) is 37.8 Å². The maximum absolute atomic E-state index is 12.8. The van der Waals surface area contributed by atoms with Crippen LogP contribution in [0, 0.1) is 5.92 Å². The minimum Gasteiger partial charge on any atom is -0.352 e. The van der Waals surface area contributed by atoms with Crippen molar-refractivity contribution in [1.29, 1.82) is 0 Å². The van der Waals surface area contributed by atoms with Gasteiger partial charge in [-0.3, -0.25) is 4.79 Å². The van der Waals surface area contributed by atoms with Crippen LogP contribution < -0.4 is 5.32 Å². The van der Waals surface area contributed by atoms with E-state index in [1.165, 1.54) is 16.4 Å². The molecule has 1 aliphatic rings. The highest BCUT2D eigenvalue weighted by molar-refractivity contribution is 7.89. The van der Waals surface area contributed by atoms with Gasteiger partial charge in [0.15, 0.2) is 0 Å². The van der Waals surface area contributed by atoms with Gasteiger partial charge in [0.05, 0.1) is 11.4 Å². The summed E-state index contributed by atoms with van der Waals surface area (Å²) >= 11 is 5.92.